The molecule has 5 N–H and O–H groups in total. The average Bonchev–Trinajstić information content (AvgIpc) is 3.44. The highest BCUT2D eigenvalue weighted by Gasteiger charge is 2.49. The number of amides is 3. The maximum Gasteiger partial charge on any atom is 0.328 e. The molecule has 5 rings (SSSR count). The first-order valence-corrected chi connectivity index (χ1v) is 13.2. The van der Waals surface area contributed by atoms with E-state index >= 15 is 0 Å². The first kappa shape index (κ1) is 26.4. The molecule has 3 heterocycles. The van der Waals surface area contributed by atoms with Crippen LogP contribution in [-0.2, 0) is 20.8 Å². The third-order valence-electron chi connectivity index (χ3n) is 7.99. The maximum atomic E-state index is 13.9. The highest BCUT2D eigenvalue weighted by molar-refractivity contribution is 6.04. The number of aliphatic hydroxyl groups is 1. The van der Waals surface area contributed by atoms with Crippen molar-refractivity contribution in [2.45, 2.75) is 63.9 Å². The Morgan fingerprint density at radius 2 is 1.74 bits per heavy atom. The number of hydrogen-bond donors (Lipinski definition) is 5. The molecule has 2 aliphatic heterocycles. The van der Waals surface area contributed by atoms with E-state index in [4.69, 9.17) is 0 Å². The van der Waals surface area contributed by atoms with Crippen molar-refractivity contribution < 1.29 is 29.4 Å². The molecule has 0 unspecified atom stereocenters. The van der Waals surface area contributed by atoms with Gasteiger partial charge in [0, 0.05) is 28.6 Å². The first-order valence-electron chi connectivity index (χ1n) is 13.2. The van der Waals surface area contributed by atoms with Crippen molar-refractivity contribution in [3.8, 4) is 0 Å². The Hall–Kier alpha value is -4.18. The quantitative estimate of drug-likeness (QED) is 0.300. The van der Waals surface area contributed by atoms with Crippen molar-refractivity contribution in [3.63, 3.8) is 0 Å². The molecule has 0 bridgehead atoms. The van der Waals surface area contributed by atoms with E-state index in [-0.39, 0.29) is 18.2 Å². The Balaban J connectivity index is 1.51. The Morgan fingerprint density at radius 3 is 2.44 bits per heavy atom. The Labute approximate surface area is 225 Å². The second-order valence-electron chi connectivity index (χ2n) is 10.4. The van der Waals surface area contributed by atoms with Crippen molar-refractivity contribution in [3.05, 3.63) is 70.9 Å². The van der Waals surface area contributed by atoms with Crippen LogP contribution < -0.4 is 10.6 Å². The molecule has 0 spiro atoms. The predicted molar refractivity (Wildman–Crippen MR) is 143 cm³/mol. The number of hydrogen-bond acceptors (Lipinski definition) is 5. The number of carboxylic acids is 1. The minimum Gasteiger partial charge on any atom is -0.480 e. The van der Waals surface area contributed by atoms with Gasteiger partial charge in [-0.2, -0.15) is 0 Å². The summed E-state index contributed by atoms with van der Waals surface area (Å²) < 4.78 is 0. The van der Waals surface area contributed by atoms with Crippen LogP contribution in [0.3, 0.4) is 0 Å². The molecule has 10 nitrogen and oxygen atoms in total. The third-order valence-corrected chi connectivity index (χ3v) is 7.99. The highest BCUT2D eigenvalue weighted by atomic mass is 16.4. The topological polar surface area (TPSA) is 152 Å². The fraction of sp³-hybridized carbons (Fsp3) is 0.379. The Morgan fingerprint density at radius 1 is 1.05 bits per heavy atom. The minimum atomic E-state index is -1.52. The predicted octanol–water partition coefficient (Wildman–Crippen LogP) is 2.12. The molecule has 6 atom stereocenters. The molecular weight excluding hydrogens is 500 g/mol. The lowest BCUT2D eigenvalue weighted by Crippen LogP contribution is -2.60. The number of aliphatic carboxylic acids is 1. The monoisotopic (exact) mass is 532 g/mol. The molecule has 0 fully saturated rings. The molecule has 10 heteroatoms. The van der Waals surface area contributed by atoms with Gasteiger partial charge in [0.1, 0.15) is 12.1 Å². The van der Waals surface area contributed by atoms with Crippen LogP contribution in [0.4, 0.5) is 0 Å². The van der Waals surface area contributed by atoms with Crippen LogP contribution in [0.1, 0.15) is 60.4 Å². The zero-order valence-electron chi connectivity index (χ0n) is 22.0. The Kier molecular flexibility index (Phi) is 6.90. The van der Waals surface area contributed by atoms with E-state index in [2.05, 4.69) is 15.6 Å². The summed E-state index contributed by atoms with van der Waals surface area (Å²) in [5.41, 5.74) is 4.07. The number of carboxylic acid groups (broad SMARTS) is 1. The van der Waals surface area contributed by atoms with E-state index in [1.807, 2.05) is 43.3 Å². The standard InChI is InChI=1S/C29H32N4O6/c1-4-14(2)22(27(36)32-23(15(3)34)29(38)39)31-26(35)21-13-19-16-9-7-8-12-20(16)30-24(19)25-17-10-5-6-11-18(17)28(37)33(21)25/h5-12,14-15,21-23,25,30,34H,4,13H2,1-3H3,(H,31,35)(H,32,36)(H,38,39)/t14-,15+,21+,22+,23+,25+/m1/s1. The molecule has 204 valence electrons. The van der Waals surface area contributed by atoms with Gasteiger partial charge in [0.2, 0.25) is 11.8 Å². The summed E-state index contributed by atoms with van der Waals surface area (Å²) in [5, 5.41) is 25.4. The molecule has 0 saturated carbocycles. The average molecular weight is 533 g/mol. The largest absolute Gasteiger partial charge is 0.480 e. The fourth-order valence-electron chi connectivity index (χ4n) is 5.72. The molecule has 1 aromatic heterocycles. The molecule has 3 amide bonds. The zero-order chi connectivity index (χ0) is 28.0. The zero-order valence-corrected chi connectivity index (χ0v) is 22.0. The number of benzene rings is 2. The van der Waals surface area contributed by atoms with Gasteiger partial charge in [-0.25, -0.2) is 4.79 Å². The van der Waals surface area contributed by atoms with Gasteiger partial charge >= 0.3 is 5.97 Å². The molecule has 0 radical (unpaired) electrons. The number of nitrogens with zero attached hydrogens (tertiary/aromatic N) is 1. The van der Waals surface area contributed by atoms with E-state index < -0.39 is 48.1 Å². The molecule has 39 heavy (non-hydrogen) atoms. The van der Waals surface area contributed by atoms with Crippen LogP contribution in [0.15, 0.2) is 48.5 Å². The van der Waals surface area contributed by atoms with E-state index in [1.165, 1.54) is 6.92 Å². The number of nitrogens with one attached hydrogen (secondary N) is 3. The number of fused-ring (bicyclic) bond motifs is 7. The third kappa shape index (κ3) is 4.44. The lowest BCUT2D eigenvalue weighted by atomic mass is 9.89. The van der Waals surface area contributed by atoms with Crippen LogP contribution in [0.25, 0.3) is 10.9 Å². The molecule has 0 aliphatic carbocycles. The number of carbonyl (C=O) groups excluding carboxylic acids is 3. The van der Waals surface area contributed by atoms with Gasteiger partial charge in [-0.15, -0.1) is 0 Å². The smallest absolute Gasteiger partial charge is 0.328 e. The van der Waals surface area contributed by atoms with Crippen LogP contribution in [0.5, 0.6) is 0 Å². The normalized spacial score (nSPS) is 20.8. The summed E-state index contributed by atoms with van der Waals surface area (Å²) in [6.07, 6.45) is -0.555. The number of para-hydroxylation sites is 1. The lowest BCUT2D eigenvalue weighted by molar-refractivity contribution is -0.145. The number of aliphatic hydroxyl groups excluding tert-OH is 1. The van der Waals surface area contributed by atoms with Crippen LogP contribution in [-0.4, -0.2) is 68.0 Å². The van der Waals surface area contributed by atoms with E-state index in [0.717, 1.165) is 27.7 Å². The summed E-state index contributed by atoms with van der Waals surface area (Å²) in [4.78, 5) is 57.4. The number of aromatic nitrogens is 1. The van der Waals surface area contributed by atoms with Crippen LogP contribution >= 0.6 is 0 Å². The Bertz CT molecular complexity index is 1460. The number of aromatic amines is 1. The number of carbonyl (C=O) groups is 4. The number of H-pyrrole nitrogens is 1. The number of rotatable bonds is 8. The SMILES string of the molecule is CC[C@@H](C)[C@H](NC(=O)[C@@H]1Cc2c([nH]c3ccccc23)[C@@H]2c3ccccc3C(=O)N21)C(=O)N[C@H](C(=O)O)[C@H](C)O. The second kappa shape index (κ2) is 10.2. The van der Waals surface area contributed by atoms with Crippen molar-refractivity contribution in [1.82, 2.24) is 20.5 Å². The fourth-order valence-corrected chi connectivity index (χ4v) is 5.72. The van der Waals surface area contributed by atoms with Crippen molar-refractivity contribution in [1.29, 1.82) is 0 Å². The van der Waals surface area contributed by atoms with Gasteiger partial charge in [0.25, 0.3) is 5.91 Å². The highest BCUT2D eigenvalue weighted by Crippen LogP contribution is 2.46. The second-order valence-corrected chi connectivity index (χ2v) is 10.4. The maximum absolute atomic E-state index is 13.9. The van der Waals surface area contributed by atoms with Crippen LogP contribution in [0, 0.1) is 5.92 Å². The van der Waals surface area contributed by atoms with E-state index in [1.54, 1.807) is 24.0 Å². The van der Waals surface area contributed by atoms with Crippen molar-refractivity contribution >= 4 is 34.6 Å². The van der Waals surface area contributed by atoms with E-state index in [9.17, 15) is 29.4 Å². The molecule has 0 saturated heterocycles. The summed E-state index contributed by atoms with van der Waals surface area (Å²) in [5.74, 6) is -3.19. The summed E-state index contributed by atoms with van der Waals surface area (Å²) >= 11 is 0. The van der Waals surface area contributed by atoms with Gasteiger partial charge in [0.05, 0.1) is 12.1 Å². The summed E-state index contributed by atoms with van der Waals surface area (Å²) in [6, 6.07) is 11.1. The van der Waals surface area contributed by atoms with E-state index in [0.29, 0.717) is 12.0 Å². The van der Waals surface area contributed by atoms with Crippen molar-refractivity contribution in [2.24, 2.45) is 5.92 Å². The van der Waals surface area contributed by atoms with Gasteiger partial charge in [-0.05, 0) is 36.1 Å². The van der Waals surface area contributed by atoms with Crippen molar-refractivity contribution in [2.75, 3.05) is 0 Å². The van der Waals surface area contributed by atoms with Crippen LogP contribution in [0.2, 0.25) is 0 Å². The molecule has 3 aromatic rings. The summed E-state index contributed by atoms with van der Waals surface area (Å²) in [7, 11) is 0. The molecular formula is C29H32N4O6. The summed E-state index contributed by atoms with van der Waals surface area (Å²) in [6.45, 7) is 4.91. The minimum absolute atomic E-state index is 0.252. The van der Waals surface area contributed by atoms with Gasteiger partial charge in [0.15, 0.2) is 6.04 Å². The van der Waals surface area contributed by atoms with Gasteiger partial charge in [-0.3, -0.25) is 14.4 Å². The lowest BCUT2D eigenvalue weighted by Gasteiger charge is -2.38. The molecule has 2 aromatic carbocycles. The first-order chi connectivity index (χ1) is 18.6. The van der Waals surface area contributed by atoms with Gasteiger partial charge in [-0.1, -0.05) is 56.7 Å². The van der Waals surface area contributed by atoms with Gasteiger partial charge < -0.3 is 30.7 Å². The molecule has 2 aliphatic rings.